The molecule has 2 heterocycles. The molecule has 1 N–H and O–H groups in total. The number of hydrogen-bond donors (Lipinski definition) is 1. The van der Waals surface area contributed by atoms with Gasteiger partial charge >= 0.3 is 5.97 Å². The molecule has 0 saturated carbocycles. The van der Waals surface area contributed by atoms with Crippen LogP contribution in [0.4, 0.5) is 0 Å². The third kappa shape index (κ3) is 0.934. The summed E-state index contributed by atoms with van der Waals surface area (Å²) >= 11 is 0. The fourth-order valence-corrected chi connectivity index (χ4v) is 1.04. The lowest BCUT2D eigenvalue weighted by Gasteiger charge is -1.95. The lowest BCUT2D eigenvalue weighted by molar-refractivity contribution is 0.0690. The minimum atomic E-state index is -1.00. The second kappa shape index (κ2) is 2.34. The monoisotopic (exact) mass is 162 g/mol. The first-order chi connectivity index (χ1) is 5.77. The van der Waals surface area contributed by atoms with Crippen LogP contribution in [0, 0.1) is 0 Å². The molecule has 0 bridgehead atoms. The van der Waals surface area contributed by atoms with Crippen LogP contribution in [-0.2, 0) is 0 Å². The molecule has 0 aliphatic heterocycles. The van der Waals surface area contributed by atoms with Crippen LogP contribution in [0.3, 0.4) is 0 Å². The lowest BCUT2D eigenvalue weighted by Crippen LogP contribution is -2.01. The van der Waals surface area contributed by atoms with Crippen molar-refractivity contribution in [1.82, 2.24) is 9.38 Å². The number of fused-ring (bicyclic) bond motifs is 1. The SMILES string of the molecule is O=C(O)c1ccn2cccc2n1. The molecule has 60 valence electrons. The second-order valence-electron chi connectivity index (χ2n) is 2.39. The van der Waals surface area contributed by atoms with Gasteiger partial charge in [0.1, 0.15) is 5.65 Å². The standard InChI is InChI=1S/C8H6N2O2/c11-8(12)6-3-5-10-4-1-2-7(10)9-6/h1-5H,(H,11,12). The van der Waals surface area contributed by atoms with E-state index in [1.165, 1.54) is 6.07 Å². The smallest absolute Gasteiger partial charge is 0.354 e. The highest BCUT2D eigenvalue weighted by molar-refractivity contribution is 5.85. The number of aromatic nitrogens is 2. The van der Waals surface area contributed by atoms with Crippen molar-refractivity contribution in [3.63, 3.8) is 0 Å². The van der Waals surface area contributed by atoms with Crippen molar-refractivity contribution < 1.29 is 9.90 Å². The molecule has 0 unspecified atom stereocenters. The molecule has 0 amide bonds. The van der Waals surface area contributed by atoms with Gasteiger partial charge in [-0.2, -0.15) is 0 Å². The Kier molecular flexibility index (Phi) is 1.33. The van der Waals surface area contributed by atoms with Gasteiger partial charge in [-0.3, -0.25) is 0 Å². The van der Waals surface area contributed by atoms with E-state index in [-0.39, 0.29) is 5.69 Å². The number of hydrogen-bond acceptors (Lipinski definition) is 2. The predicted molar refractivity (Wildman–Crippen MR) is 42.2 cm³/mol. The van der Waals surface area contributed by atoms with E-state index >= 15 is 0 Å². The highest BCUT2D eigenvalue weighted by Crippen LogP contribution is 2.02. The number of carbonyl (C=O) groups is 1. The largest absolute Gasteiger partial charge is 0.477 e. The quantitative estimate of drug-likeness (QED) is 0.681. The van der Waals surface area contributed by atoms with E-state index in [1.54, 1.807) is 16.7 Å². The molecule has 0 fully saturated rings. The van der Waals surface area contributed by atoms with Gasteiger partial charge in [0.25, 0.3) is 0 Å². The van der Waals surface area contributed by atoms with Crippen molar-refractivity contribution in [2.45, 2.75) is 0 Å². The molecule has 0 radical (unpaired) electrons. The van der Waals surface area contributed by atoms with Gasteiger partial charge in [-0.15, -0.1) is 0 Å². The van der Waals surface area contributed by atoms with Crippen molar-refractivity contribution >= 4 is 11.6 Å². The van der Waals surface area contributed by atoms with Gasteiger partial charge in [-0.25, -0.2) is 9.78 Å². The Bertz CT molecular complexity index is 433. The Hall–Kier alpha value is -1.84. The molecule has 12 heavy (non-hydrogen) atoms. The summed E-state index contributed by atoms with van der Waals surface area (Å²) in [5, 5.41) is 8.61. The molecule has 4 nitrogen and oxygen atoms in total. The van der Waals surface area contributed by atoms with E-state index in [0.717, 1.165) is 0 Å². The van der Waals surface area contributed by atoms with E-state index in [9.17, 15) is 4.79 Å². The van der Waals surface area contributed by atoms with Crippen LogP contribution < -0.4 is 0 Å². The first-order valence-electron chi connectivity index (χ1n) is 3.44. The van der Waals surface area contributed by atoms with Crippen LogP contribution in [0.1, 0.15) is 10.5 Å². The zero-order valence-electron chi connectivity index (χ0n) is 6.14. The number of nitrogens with zero attached hydrogens (tertiary/aromatic N) is 2. The number of carboxylic acids is 1. The van der Waals surface area contributed by atoms with Crippen molar-refractivity contribution in [3.05, 3.63) is 36.3 Å². The van der Waals surface area contributed by atoms with E-state index in [2.05, 4.69) is 4.98 Å². The Labute approximate surface area is 68.1 Å². The number of aromatic carboxylic acids is 1. The molecule has 4 heteroatoms. The van der Waals surface area contributed by atoms with Crippen LogP contribution in [0.2, 0.25) is 0 Å². The zero-order valence-corrected chi connectivity index (χ0v) is 6.14. The Morgan fingerprint density at radius 3 is 3.00 bits per heavy atom. The van der Waals surface area contributed by atoms with Gasteiger partial charge in [-0.05, 0) is 18.2 Å². The van der Waals surface area contributed by atoms with Crippen LogP contribution in [0.25, 0.3) is 5.65 Å². The van der Waals surface area contributed by atoms with Crippen molar-refractivity contribution in [1.29, 1.82) is 0 Å². The fraction of sp³-hybridized carbons (Fsp3) is 0. The normalized spacial score (nSPS) is 10.3. The minimum Gasteiger partial charge on any atom is -0.477 e. The maximum Gasteiger partial charge on any atom is 0.354 e. The van der Waals surface area contributed by atoms with Gasteiger partial charge in [0.15, 0.2) is 5.69 Å². The van der Waals surface area contributed by atoms with Gasteiger partial charge in [0.05, 0.1) is 0 Å². The summed E-state index contributed by atoms with van der Waals surface area (Å²) in [5.41, 5.74) is 0.719. The molecule has 0 saturated heterocycles. The first-order valence-corrected chi connectivity index (χ1v) is 3.44. The fourth-order valence-electron chi connectivity index (χ4n) is 1.04. The average molecular weight is 162 g/mol. The summed E-state index contributed by atoms with van der Waals surface area (Å²) in [5.74, 6) is -1.00. The van der Waals surface area contributed by atoms with Gasteiger partial charge in [0.2, 0.25) is 0 Å². The van der Waals surface area contributed by atoms with Crippen molar-refractivity contribution in [2.75, 3.05) is 0 Å². The summed E-state index contributed by atoms with van der Waals surface area (Å²) in [6.45, 7) is 0. The van der Waals surface area contributed by atoms with E-state index in [1.807, 2.05) is 12.3 Å². The number of carboxylic acid groups (broad SMARTS) is 1. The second-order valence-corrected chi connectivity index (χ2v) is 2.39. The summed E-state index contributed by atoms with van der Waals surface area (Å²) in [4.78, 5) is 14.4. The van der Waals surface area contributed by atoms with E-state index < -0.39 is 5.97 Å². The minimum absolute atomic E-state index is 0.0706. The number of rotatable bonds is 1. The topological polar surface area (TPSA) is 54.6 Å². The van der Waals surface area contributed by atoms with E-state index in [0.29, 0.717) is 5.65 Å². The third-order valence-electron chi connectivity index (χ3n) is 1.60. The molecule has 2 aromatic heterocycles. The summed E-state index contributed by atoms with van der Waals surface area (Å²) < 4.78 is 1.76. The molecule has 0 aromatic carbocycles. The summed E-state index contributed by atoms with van der Waals surface area (Å²) in [7, 11) is 0. The zero-order chi connectivity index (χ0) is 8.55. The van der Waals surface area contributed by atoms with Crippen LogP contribution in [0.15, 0.2) is 30.6 Å². The summed E-state index contributed by atoms with van der Waals surface area (Å²) in [6, 6.07) is 5.04. The summed E-state index contributed by atoms with van der Waals surface area (Å²) in [6.07, 6.45) is 3.49. The van der Waals surface area contributed by atoms with Crippen LogP contribution in [0.5, 0.6) is 0 Å². The lowest BCUT2D eigenvalue weighted by atomic mass is 10.4. The maximum atomic E-state index is 10.5. The van der Waals surface area contributed by atoms with Crippen molar-refractivity contribution in [2.24, 2.45) is 0 Å². The molecule has 0 aliphatic carbocycles. The van der Waals surface area contributed by atoms with Crippen molar-refractivity contribution in [3.8, 4) is 0 Å². The Morgan fingerprint density at radius 1 is 1.42 bits per heavy atom. The molecule has 0 spiro atoms. The Morgan fingerprint density at radius 2 is 2.25 bits per heavy atom. The van der Waals surface area contributed by atoms with Crippen LogP contribution >= 0.6 is 0 Å². The predicted octanol–water partition coefficient (Wildman–Crippen LogP) is 1.03. The first kappa shape index (κ1) is 6.84. The molecular formula is C8H6N2O2. The van der Waals surface area contributed by atoms with Gasteiger partial charge in [0, 0.05) is 12.4 Å². The van der Waals surface area contributed by atoms with Crippen LogP contribution in [-0.4, -0.2) is 20.5 Å². The molecule has 2 aromatic rings. The molecule has 0 atom stereocenters. The highest BCUT2D eigenvalue weighted by atomic mass is 16.4. The van der Waals surface area contributed by atoms with E-state index in [4.69, 9.17) is 5.11 Å². The van der Waals surface area contributed by atoms with Gasteiger partial charge < -0.3 is 9.51 Å². The molecule has 2 rings (SSSR count). The maximum absolute atomic E-state index is 10.5. The molecule has 0 aliphatic rings. The highest BCUT2D eigenvalue weighted by Gasteiger charge is 2.03. The average Bonchev–Trinajstić information content (AvgIpc) is 2.49. The molecular weight excluding hydrogens is 156 g/mol. The Balaban J connectivity index is 2.68. The van der Waals surface area contributed by atoms with Gasteiger partial charge in [-0.1, -0.05) is 0 Å². The third-order valence-corrected chi connectivity index (χ3v) is 1.60.